The summed E-state index contributed by atoms with van der Waals surface area (Å²) in [5.74, 6) is -1.77. The van der Waals surface area contributed by atoms with Crippen LogP contribution < -0.4 is 5.73 Å². The highest BCUT2D eigenvalue weighted by molar-refractivity contribution is 5.85. The second-order valence-electron chi connectivity index (χ2n) is 3.65. The van der Waals surface area contributed by atoms with Crippen LogP contribution in [0.2, 0.25) is 0 Å². The first-order chi connectivity index (χ1) is 6.52. The average molecular weight is 232 g/mol. The summed E-state index contributed by atoms with van der Waals surface area (Å²) in [5, 5.41) is 19.0. The average Bonchev–Trinajstić information content (AvgIpc) is 2.16. The van der Waals surface area contributed by atoms with Gasteiger partial charge >= 0.3 is 0 Å². The maximum absolute atomic E-state index is 9.48. The summed E-state index contributed by atoms with van der Waals surface area (Å²) >= 11 is 0. The Morgan fingerprint density at radius 3 is 2.27 bits per heavy atom. The number of halogens is 1. The molecule has 15 heavy (non-hydrogen) atoms. The Kier molecular flexibility index (Phi) is 5.83. The number of aliphatic hydroxyl groups is 2. The van der Waals surface area contributed by atoms with Gasteiger partial charge in [0.15, 0.2) is 5.79 Å². The number of nitrogens with two attached hydrogens (primary N) is 1. The normalized spacial score (nSPS) is 13.1. The summed E-state index contributed by atoms with van der Waals surface area (Å²) < 4.78 is 0. The summed E-state index contributed by atoms with van der Waals surface area (Å²) in [6, 6.07) is 9.07. The summed E-state index contributed by atoms with van der Waals surface area (Å²) in [5.41, 5.74) is 6.52. The molecule has 1 rings (SSSR count). The largest absolute Gasteiger partial charge is 0.364 e. The third kappa shape index (κ3) is 4.62. The molecule has 1 aromatic carbocycles. The second-order valence-corrected chi connectivity index (χ2v) is 3.65. The van der Waals surface area contributed by atoms with Crippen molar-refractivity contribution in [2.75, 3.05) is 0 Å². The van der Waals surface area contributed by atoms with E-state index in [1.165, 1.54) is 0 Å². The molecule has 0 fully saturated rings. The topological polar surface area (TPSA) is 66.5 Å². The fourth-order valence-corrected chi connectivity index (χ4v) is 1.20. The molecule has 4 N–H and O–H groups in total. The molecule has 0 heterocycles. The van der Waals surface area contributed by atoms with Gasteiger partial charge in [-0.1, -0.05) is 30.3 Å². The highest BCUT2D eigenvalue weighted by Crippen LogP contribution is 2.14. The van der Waals surface area contributed by atoms with Gasteiger partial charge in [0.05, 0.1) is 6.04 Å². The molecule has 1 atom stereocenters. The summed E-state index contributed by atoms with van der Waals surface area (Å²) in [6.45, 7) is 1.59. The van der Waals surface area contributed by atoms with Crippen LogP contribution in [0.5, 0.6) is 0 Å². The molecule has 4 heteroatoms. The first kappa shape index (κ1) is 14.4. The maximum atomic E-state index is 9.48. The molecule has 0 aliphatic rings. The monoisotopic (exact) mass is 231 g/mol. The summed E-state index contributed by atoms with van der Waals surface area (Å²) in [6.07, 6.45) is 0.879. The lowest BCUT2D eigenvalue weighted by atomic mass is 10.0. The third-order valence-corrected chi connectivity index (χ3v) is 2.35. The van der Waals surface area contributed by atoms with E-state index < -0.39 is 11.8 Å². The van der Waals surface area contributed by atoms with Gasteiger partial charge in [-0.15, -0.1) is 12.4 Å². The van der Waals surface area contributed by atoms with Crippen LogP contribution in [0, 0.1) is 0 Å². The van der Waals surface area contributed by atoms with Crippen molar-refractivity contribution in [1.29, 1.82) is 0 Å². The van der Waals surface area contributed by atoms with Crippen molar-refractivity contribution in [3.8, 4) is 0 Å². The van der Waals surface area contributed by atoms with E-state index in [-0.39, 0.29) is 18.8 Å². The predicted octanol–water partition coefficient (Wildman–Crippen LogP) is 1.07. The Bertz CT molecular complexity index is 275. The fraction of sp³-hybridized carbons (Fsp3) is 0.455. The van der Waals surface area contributed by atoms with E-state index in [4.69, 9.17) is 5.73 Å². The minimum Gasteiger partial charge on any atom is -0.364 e. The molecule has 0 aliphatic heterocycles. The molecule has 0 saturated heterocycles. The number of benzene rings is 1. The smallest absolute Gasteiger partial charge is 0.178 e. The van der Waals surface area contributed by atoms with Crippen molar-refractivity contribution in [3.05, 3.63) is 35.9 Å². The van der Waals surface area contributed by atoms with Gasteiger partial charge in [0, 0.05) is 6.42 Å². The third-order valence-electron chi connectivity index (χ3n) is 2.35. The van der Waals surface area contributed by atoms with Crippen molar-refractivity contribution >= 4 is 12.4 Å². The Morgan fingerprint density at radius 1 is 1.27 bits per heavy atom. The van der Waals surface area contributed by atoms with Gasteiger partial charge < -0.3 is 15.9 Å². The Morgan fingerprint density at radius 2 is 1.80 bits per heavy atom. The van der Waals surface area contributed by atoms with E-state index >= 15 is 0 Å². The zero-order valence-corrected chi connectivity index (χ0v) is 9.57. The quantitative estimate of drug-likeness (QED) is 0.680. The van der Waals surface area contributed by atoms with E-state index in [0.29, 0.717) is 6.42 Å². The van der Waals surface area contributed by atoms with Crippen molar-refractivity contribution < 1.29 is 10.2 Å². The highest BCUT2D eigenvalue weighted by atomic mass is 35.5. The Hall–Kier alpha value is -0.610. The zero-order chi connectivity index (χ0) is 10.6. The van der Waals surface area contributed by atoms with Gasteiger partial charge in [-0.25, -0.2) is 0 Å². The van der Waals surface area contributed by atoms with Crippen LogP contribution in [0.25, 0.3) is 0 Å². The molecule has 0 aromatic heterocycles. The molecule has 0 amide bonds. The van der Waals surface area contributed by atoms with E-state index in [2.05, 4.69) is 0 Å². The molecule has 0 saturated carbocycles. The number of rotatable bonds is 4. The standard InChI is InChI=1S/C11H17NO2.ClH/c1-9(12)11(13,14)8-7-10-5-3-2-4-6-10;/h2-6,9,13-14H,7-8,12H2,1H3;1H. The molecular formula is C11H18ClNO2. The van der Waals surface area contributed by atoms with Crippen LogP contribution in [0.3, 0.4) is 0 Å². The minimum atomic E-state index is -1.77. The lowest BCUT2D eigenvalue weighted by Gasteiger charge is -2.25. The molecule has 0 radical (unpaired) electrons. The van der Waals surface area contributed by atoms with Crippen LogP contribution in [-0.4, -0.2) is 22.0 Å². The number of hydrogen-bond acceptors (Lipinski definition) is 3. The van der Waals surface area contributed by atoms with Gasteiger partial charge in [-0.2, -0.15) is 0 Å². The van der Waals surface area contributed by atoms with Gasteiger partial charge in [0.1, 0.15) is 0 Å². The van der Waals surface area contributed by atoms with Crippen LogP contribution in [0.15, 0.2) is 30.3 Å². The van der Waals surface area contributed by atoms with Gasteiger partial charge in [-0.05, 0) is 18.9 Å². The molecule has 1 unspecified atom stereocenters. The summed E-state index contributed by atoms with van der Waals surface area (Å²) in [4.78, 5) is 0. The first-order valence-corrected chi connectivity index (χ1v) is 4.76. The highest BCUT2D eigenvalue weighted by Gasteiger charge is 2.27. The fourth-order valence-electron chi connectivity index (χ4n) is 1.20. The van der Waals surface area contributed by atoms with Gasteiger partial charge in [0.25, 0.3) is 0 Å². The molecule has 0 bridgehead atoms. The molecule has 1 aromatic rings. The number of hydrogen-bond donors (Lipinski definition) is 3. The lowest BCUT2D eigenvalue weighted by molar-refractivity contribution is -0.177. The second kappa shape index (κ2) is 6.08. The Balaban J connectivity index is 0.00000196. The Labute approximate surface area is 96.3 Å². The predicted molar refractivity (Wildman–Crippen MR) is 62.8 cm³/mol. The SMILES string of the molecule is CC(N)C(O)(O)CCc1ccccc1.Cl. The maximum Gasteiger partial charge on any atom is 0.178 e. The molecular weight excluding hydrogens is 214 g/mol. The number of aryl methyl sites for hydroxylation is 1. The van der Waals surface area contributed by atoms with Crippen LogP contribution >= 0.6 is 12.4 Å². The van der Waals surface area contributed by atoms with Crippen LogP contribution in [0.4, 0.5) is 0 Å². The minimum absolute atomic E-state index is 0. The van der Waals surface area contributed by atoms with Crippen molar-refractivity contribution in [1.82, 2.24) is 0 Å². The van der Waals surface area contributed by atoms with Crippen molar-refractivity contribution in [2.24, 2.45) is 5.73 Å². The van der Waals surface area contributed by atoms with Crippen molar-refractivity contribution in [3.63, 3.8) is 0 Å². The van der Waals surface area contributed by atoms with E-state index in [1.54, 1.807) is 6.92 Å². The van der Waals surface area contributed by atoms with Crippen molar-refractivity contribution in [2.45, 2.75) is 31.6 Å². The lowest BCUT2D eigenvalue weighted by Crippen LogP contribution is -2.46. The molecule has 86 valence electrons. The van der Waals surface area contributed by atoms with Crippen LogP contribution in [-0.2, 0) is 6.42 Å². The molecule has 0 spiro atoms. The zero-order valence-electron chi connectivity index (χ0n) is 8.76. The van der Waals surface area contributed by atoms with E-state index in [1.807, 2.05) is 30.3 Å². The molecule has 3 nitrogen and oxygen atoms in total. The van der Waals surface area contributed by atoms with Gasteiger partial charge in [-0.3, -0.25) is 0 Å². The van der Waals surface area contributed by atoms with Crippen LogP contribution in [0.1, 0.15) is 18.9 Å². The first-order valence-electron chi connectivity index (χ1n) is 4.76. The van der Waals surface area contributed by atoms with Gasteiger partial charge in [0.2, 0.25) is 0 Å². The molecule has 0 aliphatic carbocycles. The summed E-state index contributed by atoms with van der Waals surface area (Å²) in [7, 11) is 0. The van der Waals surface area contributed by atoms with E-state index in [9.17, 15) is 10.2 Å². The van der Waals surface area contributed by atoms with E-state index in [0.717, 1.165) is 5.56 Å².